The number of nitrogens with one attached hydrogen (secondary N) is 1. The quantitative estimate of drug-likeness (QED) is 0.459. The zero-order valence-corrected chi connectivity index (χ0v) is 21.3. The Morgan fingerprint density at radius 1 is 1.03 bits per heavy atom. The normalized spacial score (nSPS) is 29.1. The van der Waals surface area contributed by atoms with E-state index in [0.29, 0.717) is 17.8 Å². The van der Waals surface area contributed by atoms with Crippen LogP contribution in [-0.2, 0) is 27.2 Å². The van der Waals surface area contributed by atoms with Crippen LogP contribution >= 0.6 is 0 Å². The molecule has 6 rings (SSSR count). The molecule has 1 saturated heterocycles. The molecule has 190 valence electrons. The van der Waals surface area contributed by atoms with Gasteiger partial charge in [-0.1, -0.05) is 61.4 Å². The van der Waals surface area contributed by atoms with Crippen molar-refractivity contribution in [3.05, 3.63) is 71.4 Å². The number of aryl methyl sites for hydroxylation is 1. The number of ether oxygens (including phenoxy) is 2. The first-order valence-corrected chi connectivity index (χ1v) is 13.8. The second kappa shape index (κ2) is 10.4. The maximum Gasteiger partial charge on any atom is 0.314 e. The van der Waals surface area contributed by atoms with E-state index in [1.807, 2.05) is 0 Å². The van der Waals surface area contributed by atoms with Crippen molar-refractivity contribution in [3.63, 3.8) is 0 Å². The van der Waals surface area contributed by atoms with Crippen molar-refractivity contribution in [2.75, 3.05) is 20.3 Å². The third-order valence-corrected chi connectivity index (χ3v) is 9.01. The number of fused-ring (bicyclic) bond motifs is 6. The number of esters is 1. The number of carbonyl (C=O) groups excluding carboxylic acids is 1. The number of rotatable bonds is 3. The molecule has 0 amide bonds. The molecule has 1 N–H and O–H groups in total. The van der Waals surface area contributed by atoms with Crippen LogP contribution in [0.5, 0.6) is 0 Å². The molecule has 3 aliphatic rings. The van der Waals surface area contributed by atoms with Crippen LogP contribution in [0.2, 0.25) is 0 Å². The van der Waals surface area contributed by atoms with E-state index >= 15 is 0 Å². The lowest BCUT2D eigenvalue weighted by Gasteiger charge is -2.50. The number of para-hydroxylation sites is 1. The average Bonchev–Trinajstić information content (AvgIpc) is 3.29. The van der Waals surface area contributed by atoms with E-state index in [9.17, 15) is 4.79 Å². The van der Waals surface area contributed by atoms with Crippen LogP contribution in [0, 0.1) is 17.8 Å². The number of carbonyl (C=O) groups is 1. The Labute approximate surface area is 214 Å². The van der Waals surface area contributed by atoms with Crippen LogP contribution in [0.15, 0.2) is 54.6 Å². The van der Waals surface area contributed by atoms with Crippen LogP contribution in [0.3, 0.4) is 0 Å². The Kier molecular flexibility index (Phi) is 6.85. The summed E-state index contributed by atoms with van der Waals surface area (Å²) in [6.45, 7) is 2.70. The van der Waals surface area contributed by atoms with Crippen molar-refractivity contribution < 1.29 is 14.3 Å². The van der Waals surface area contributed by atoms with Crippen molar-refractivity contribution in [2.45, 2.75) is 63.6 Å². The second-order valence-electron chi connectivity index (χ2n) is 11.0. The first-order valence-electron chi connectivity index (χ1n) is 13.8. The third kappa shape index (κ3) is 4.48. The molecule has 2 fully saturated rings. The summed E-state index contributed by atoms with van der Waals surface area (Å²) in [6.07, 6.45) is 7.81. The maximum atomic E-state index is 13.4. The van der Waals surface area contributed by atoms with Crippen LogP contribution in [0.25, 0.3) is 10.9 Å². The van der Waals surface area contributed by atoms with Crippen molar-refractivity contribution in [1.82, 2.24) is 9.88 Å². The summed E-state index contributed by atoms with van der Waals surface area (Å²) in [6, 6.07) is 19.2. The molecule has 2 aromatic carbocycles. The highest BCUT2D eigenvalue weighted by Gasteiger charge is 2.46. The Morgan fingerprint density at radius 3 is 2.69 bits per heavy atom. The fourth-order valence-corrected chi connectivity index (χ4v) is 7.34. The van der Waals surface area contributed by atoms with Crippen molar-refractivity contribution >= 4 is 16.9 Å². The topological polar surface area (TPSA) is 54.6 Å². The molecule has 1 aromatic heterocycles. The molecule has 5 atom stereocenters. The van der Waals surface area contributed by atoms with Gasteiger partial charge in [0, 0.05) is 35.6 Å². The number of hydrogen-bond donors (Lipinski definition) is 1. The smallest absolute Gasteiger partial charge is 0.314 e. The highest BCUT2D eigenvalue weighted by molar-refractivity contribution is 5.88. The number of H-pyrrole nitrogens is 1. The third-order valence-electron chi connectivity index (χ3n) is 9.01. The van der Waals surface area contributed by atoms with Gasteiger partial charge in [0.05, 0.1) is 19.6 Å². The molecule has 0 spiro atoms. The minimum atomic E-state index is -0.300. The van der Waals surface area contributed by atoms with Crippen molar-refractivity contribution in [1.29, 1.82) is 0 Å². The molecular formula is C31H38N2O3. The first-order chi connectivity index (χ1) is 17.7. The van der Waals surface area contributed by atoms with Crippen molar-refractivity contribution in [3.8, 4) is 0 Å². The van der Waals surface area contributed by atoms with Gasteiger partial charge in [-0.3, -0.25) is 9.69 Å². The lowest BCUT2D eigenvalue weighted by Crippen LogP contribution is -2.53. The lowest BCUT2D eigenvalue weighted by molar-refractivity contribution is -0.180. The van der Waals surface area contributed by atoms with Crippen molar-refractivity contribution in [2.24, 2.45) is 17.8 Å². The van der Waals surface area contributed by atoms with E-state index < -0.39 is 0 Å². The maximum absolute atomic E-state index is 13.4. The summed E-state index contributed by atoms with van der Waals surface area (Å²) in [5.74, 6) is 1.06. The molecule has 36 heavy (non-hydrogen) atoms. The van der Waals surface area contributed by atoms with Crippen LogP contribution < -0.4 is 0 Å². The minimum absolute atomic E-state index is 0.0302. The van der Waals surface area contributed by atoms with E-state index in [0.717, 1.165) is 50.2 Å². The van der Waals surface area contributed by atoms with Gasteiger partial charge in [0.2, 0.25) is 0 Å². The van der Waals surface area contributed by atoms with Gasteiger partial charge in [0.1, 0.15) is 6.23 Å². The molecule has 3 aromatic rings. The summed E-state index contributed by atoms with van der Waals surface area (Å²) in [5, 5.41) is 1.24. The van der Waals surface area contributed by atoms with E-state index in [-0.39, 0.29) is 18.1 Å². The summed E-state index contributed by atoms with van der Waals surface area (Å²) < 4.78 is 12.2. The zero-order valence-electron chi connectivity index (χ0n) is 21.3. The molecule has 5 heteroatoms. The Hall–Kier alpha value is -2.63. The fraction of sp³-hybridized carbons (Fsp3) is 0.516. The number of aromatic amines is 1. The molecule has 5 nitrogen and oxygen atoms in total. The summed E-state index contributed by atoms with van der Waals surface area (Å²) in [7, 11) is 1.53. The standard InChI is InChI=1S/C31H38N2O3/c1-35-31(34)27-18-26-23-13-6-5-12-22(23)20-36-30(26)33(19-21-10-3-2-4-11-21)17-9-15-25-24-14-7-8-16-28(24)32-29(25)27/h2-4,7-8,10-11,14,16,22-23,26-27,30,32H,5-6,9,12-13,15,17-20H2,1H3/t22-,23-,26+,27+,30+/m0/s1. The number of nitrogens with zero attached hydrogens (tertiary/aromatic N) is 1. The van der Waals surface area contributed by atoms with E-state index in [1.165, 1.54) is 49.3 Å². The molecule has 0 radical (unpaired) electrons. The van der Waals surface area contributed by atoms with Gasteiger partial charge in [-0.2, -0.15) is 0 Å². The van der Waals surface area contributed by atoms with Gasteiger partial charge in [0.15, 0.2) is 0 Å². The van der Waals surface area contributed by atoms with Gasteiger partial charge in [-0.05, 0) is 61.1 Å². The zero-order chi connectivity index (χ0) is 24.5. The Bertz CT molecular complexity index is 1190. The predicted molar refractivity (Wildman–Crippen MR) is 142 cm³/mol. The molecule has 0 unspecified atom stereocenters. The molecule has 1 saturated carbocycles. The van der Waals surface area contributed by atoms with Gasteiger partial charge in [-0.15, -0.1) is 0 Å². The van der Waals surface area contributed by atoms with E-state index in [2.05, 4.69) is 64.5 Å². The Morgan fingerprint density at radius 2 is 1.83 bits per heavy atom. The van der Waals surface area contributed by atoms with Crippen LogP contribution in [-0.4, -0.2) is 42.3 Å². The molecule has 0 bridgehead atoms. The number of benzene rings is 2. The monoisotopic (exact) mass is 486 g/mol. The summed E-state index contributed by atoms with van der Waals surface area (Å²) >= 11 is 0. The van der Waals surface area contributed by atoms with Crippen LogP contribution in [0.1, 0.15) is 61.3 Å². The summed E-state index contributed by atoms with van der Waals surface area (Å²) in [5.41, 5.74) is 4.79. The molecular weight excluding hydrogens is 448 g/mol. The predicted octanol–water partition coefficient (Wildman–Crippen LogP) is 6.04. The van der Waals surface area contributed by atoms with E-state index in [4.69, 9.17) is 9.47 Å². The summed E-state index contributed by atoms with van der Waals surface area (Å²) in [4.78, 5) is 19.6. The van der Waals surface area contributed by atoms with E-state index in [1.54, 1.807) is 0 Å². The molecule has 1 aliphatic carbocycles. The van der Waals surface area contributed by atoms with Gasteiger partial charge >= 0.3 is 5.97 Å². The Balaban J connectivity index is 1.43. The lowest BCUT2D eigenvalue weighted by atomic mass is 9.67. The molecule has 2 aliphatic heterocycles. The first kappa shape index (κ1) is 23.7. The minimum Gasteiger partial charge on any atom is -0.469 e. The highest BCUT2D eigenvalue weighted by atomic mass is 16.5. The molecule has 3 heterocycles. The van der Waals surface area contributed by atoms with Gasteiger partial charge < -0.3 is 14.5 Å². The SMILES string of the molecule is COC(=O)[C@@H]1C[C@@H]2[C@H]3CCCC[C@H]3CO[C@H]2N(Cc2ccccc2)CCCc2c1[nH]c1ccccc21. The number of hydrogen-bond acceptors (Lipinski definition) is 4. The second-order valence-corrected chi connectivity index (χ2v) is 11.0. The average molecular weight is 487 g/mol. The largest absolute Gasteiger partial charge is 0.469 e. The van der Waals surface area contributed by atoms with Crippen LogP contribution in [0.4, 0.5) is 0 Å². The highest BCUT2D eigenvalue weighted by Crippen LogP contribution is 2.47. The van der Waals surface area contributed by atoms with Gasteiger partial charge in [0.25, 0.3) is 0 Å². The number of methoxy groups -OCH3 is 1. The fourth-order valence-electron chi connectivity index (χ4n) is 7.34. The van der Waals surface area contributed by atoms with Gasteiger partial charge in [-0.25, -0.2) is 0 Å². The number of aromatic nitrogens is 1.